The highest BCUT2D eigenvalue weighted by Crippen LogP contribution is 2.19. The molecule has 0 aromatic rings. The second-order valence-corrected chi connectivity index (χ2v) is 6.60. The van der Waals surface area contributed by atoms with E-state index in [1.54, 1.807) is 0 Å². The van der Waals surface area contributed by atoms with Crippen LogP contribution in [-0.4, -0.2) is 22.8 Å². The molecule has 0 spiro atoms. The van der Waals surface area contributed by atoms with Crippen molar-refractivity contribution >= 4 is 5.97 Å². The van der Waals surface area contributed by atoms with Crippen molar-refractivity contribution in [2.75, 3.05) is 6.61 Å². The number of aliphatic hydroxyl groups is 1. The van der Waals surface area contributed by atoms with E-state index >= 15 is 0 Å². The van der Waals surface area contributed by atoms with Crippen LogP contribution in [0, 0.1) is 5.92 Å². The molecule has 0 bridgehead atoms. The normalized spacial score (nSPS) is 12.8. The van der Waals surface area contributed by atoms with Crippen LogP contribution in [-0.2, 0) is 4.79 Å². The first-order chi connectivity index (χ1) is 11.2. The zero-order valence-corrected chi connectivity index (χ0v) is 15.1. The first kappa shape index (κ1) is 22.2. The minimum Gasteiger partial charge on any atom is -0.481 e. The number of unbranched alkanes of at least 4 members (excludes halogenated alkanes) is 8. The molecular formula is C20H38O3. The molecule has 3 nitrogen and oxygen atoms in total. The van der Waals surface area contributed by atoms with E-state index < -0.39 is 5.97 Å². The molecule has 0 amide bonds. The van der Waals surface area contributed by atoms with Gasteiger partial charge in [0.05, 0.1) is 0 Å². The van der Waals surface area contributed by atoms with Gasteiger partial charge < -0.3 is 10.2 Å². The van der Waals surface area contributed by atoms with Crippen molar-refractivity contribution in [3.05, 3.63) is 12.2 Å². The number of carbonyl (C=O) groups is 1. The average Bonchev–Trinajstić information content (AvgIpc) is 2.54. The van der Waals surface area contributed by atoms with Gasteiger partial charge in [-0.1, -0.05) is 64.0 Å². The molecule has 0 aliphatic heterocycles. The number of carboxylic acids is 1. The summed E-state index contributed by atoms with van der Waals surface area (Å²) in [6.45, 7) is 2.50. The van der Waals surface area contributed by atoms with Gasteiger partial charge in [-0.3, -0.25) is 4.79 Å². The van der Waals surface area contributed by atoms with Gasteiger partial charge in [0.1, 0.15) is 0 Å². The fourth-order valence-electron chi connectivity index (χ4n) is 2.89. The standard InChI is InChI=1S/C20H38O3/c1-2-19(16-17-20(22)23)15-13-11-9-7-5-3-4-6-8-10-12-14-18-21/h5,7,19,21H,2-4,6,8-18H2,1H3,(H,22,23)/b7-5-. The van der Waals surface area contributed by atoms with Gasteiger partial charge in [-0.15, -0.1) is 0 Å². The van der Waals surface area contributed by atoms with E-state index in [-0.39, 0.29) is 0 Å². The predicted octanol–water partition coefficient (Wildman–Crippen LogP) is 5.72. The summed E-state index contributed by atoms with van der Waals surface area (Å²) >= 11 is 0. The van der Waals surface area contributed by atoms with Gasteiger partial charge in [-0.25, -0.2) is 0 Å². The number of hydrogen-bond donors (Lipinski definition) is 2. The first-order valence-corrected chi connectivity index (χ1v) is 9.68. The SMILES string of the molecule is CCC(CCCC/C=C\CCCCCCCCO)CCC(=O)O. The Kier molecular flexibility index (Phi) is 16.9. The summed E-state index contributed by atoms with van der Waals surface area (Å²) < 4.78 is 0. The molecule has 0 rings (SSSR count). The van der Waals surface area contributed by atoms with Crippen molar-refractivity contribution in [1.29, 1.82) is 0 Å². The number of aliphatic hydroxyl groups excluding tert-OH is 1. The van der Waals surface area contributed by atoms with E-state index in [9.17, 15) is 4.79 Å². The number of allylic oxidation sites excluding steroid dienone is 2. The molecular weight excluding hydrogens is 288 g/mol. The number of hydrogen-bond acceptors (Lipinski definition) is 2. The summed E-state index contributed by atoms with van der Waals surface area (Å²) in [5, 5.41) is 17.4. The molecule has 3 heteroatoms. The van der Waals surface area contributed by atoms with Crippen LogP contribution < -0.4 is 0 Å². The monoisotopic (exact) mass is 326 g/mol. The van der Waals surface area contributed by atoms with E-state index in [1.165, 1.54) is 51.4 Å². The van der Waals surface area contributed by atoms with Crippen molar-refractivity contribution in [1.82, 2.24) is 0 Å². The van der Waals surface area contributed by atoms with Crippen LogP contribution in [0.2, 0.25) is 0 Å². The summed E-state index contributed by atoms with van der Waals surface area (Å²) in [6.07, 6.45) is 20.1. The second-order valence-electron chi connectivity index (χ2n) is 6.60. The molecule has 2 N–H and O–H groups in total. The van der Waals surface area contributed by atoms with Gasteiger partial charge in [0.25, 0.3) is 0 Å². The Morgan fingerprint density at radius 2 is 1.43 bits per heavy atom. The molecule has 0 aliphatic carbocycles. The fourth-order valence-corrected chi connectivity index (χ4v) is 2.89. The second kappa shape index (κ2) is 17.5. The van der Waals surface area contributed by atoms with Crippen LogP contribution in [0.5, 0.6) is 0 Å². The third kappa shape index (κ3) is 17.4. The minimum absolute atomic E-state index is 0.318. The van der Waals surface area contributed by atoms with Crippen LogP contribution in [0.4, 0.5) is 0 Å². The average molecular weight is 327 g/mol. The van der Waals surface area contributed by atoms with Crippen molar-refractivity contribution in [2.24, 2.45) is 5.92 Å². The van der Waals surface area contributed by atoms with E-state index in [4.69, 9.17) is 10.2 Å². The van der Waals surface area contributed by atoms with E-state index in [2.05, 4.69) is 19.1 Å². The lowest BCUT2D eigenvalue weighted by Gasteiger charge is -2.12. The maximum atomic E-state index is 10.6. The number of rotatable bonds is 17. The van der Waals surface area contributed by atoms with Gasteiger partial charge in [-0.2, -0.15) is 0 Å². The summed E-state index contributed by atoms with van der Waals surface area (Å²) in [4.78, 5) is 10.6. The van der Waals surface area contributed by atoms with Crippen molar-refractivity contribution in [3.63, 3.8) is 0 Å². The van der Waals surface area contributed by atoms with Crippen LogP contribution in [0.15, 0.2) is 12.2 Å². The summed E-state index contributed by atoms with van der Waals surface area (Å²) in [5.41, 5.74) is 0. The Morgan fingerprint density at radius 1 is 0.870 bits per heavy atom. The molecule has 1 unspecified atom stereocenters. The Hall–Kier alpha value is -0.830. The van der Waals surface area contributed by atoms with Gasteiger partial charge in [0.2, 0.25) is 0 Å². The molecule has 0 heterocycles. The smallest absolute Gasteiger partial charge is 0.303 e. The van der Waals surface area contributed by atoms with Crippen LogP contribution >= 0.6 is 0 Å². The molecule has 0 aromatic carbocycles. The fraction of sp³-hybridized carbons (Fsp3) is 0.850. The molecule has 0 radical (unpaired) electrons. The van der Waals surface area contributed by atoms with E-state index in [0.717, 1.165) is 32.1 Å². The third-order valence-corrected chi connectivity index (χ3v) is 4.52. The van der Waals surface area contributed by atoms with Crippen molar-refractivity contribution in [2.45, 2.75) is 96.8 Å². The molecule has 0 aliphatic rings. The molecule has 0 saturated heterocycles. The van der Waals surface area contributed by atoms with Crippen molar-refractivity contribution < 1.29 is 15.0 Å². The number of carboxylic acid groups (broad SMARTS) is 1. The summed E-state index contributed by atoms with van der Waals surface area (Å²) in [6, 6.07) is 0. The highest BCUT2D eigenvalue weighted by molar-refractivity contribution is 5.66. The molecule has 136 valence electrons. The lowest BCUT2D eigenvalue weighted by Crippen LogP contribution is -2.03. The molecule has 0 saturated carbocycles. The Morgan fingerprint density at radius 3 is 2.00 bits per heavy atom. The van der Waals surface area contributed by atoms with Gasteiger partial charge in [0, 0.05) is 13.0 Å². The van der Waals surface area contributed by atoms with Gasteiger partial charge in [-0.05, 0) is 44.4 Å². The Balaban J connectivity index is 3.34. The molecule has 0 aromatic heterocycles. The molecule has 23 heavy (non-hydrogen) atoms. The predicted molar refractivity (Wildman–Crippen MR) is 97.7 cm³/mol. The first-order valence-electron chi connectivity index (χ1n) is 9.68. The minimum atomic E-state index is -0.667. The van der Waals surface area contributed by atoms with Crippen LogP contribution in [0.3, 0.4) is 0 Å². The molecule has 0 fully saturated rings. The Bertz CT molecular complexity index is 287. The maximum absolute atomic E-state index is 10.6. The lowest BCUT2D eigenvalue weighted by atomic mass is 9.94. The highest BCUT2D eigenvalue weighted by Gasteiger charge is 2.08. The zero-order chi connectivity index (χ0) is 17.2. The topological polar surface area (TPSA) is 57.5 Å². The lowest BCUT2D eigenvalue weighted by molar-refractivity contribution is -0.137. The van der Waals surface area contributed by atoms with Gasteiger partial charge >= 0.3 is 5.97 Å². The van der Waals surface area contributed by atoms with Crippen LogP contribution in [0.25, 0.3) is 0 Å². The molecule has 1 atom stereocenters. The van der Waals surface area contributed by atoms with E-state index in [0.29, 0.717) is 18.9 Å². The maximum Gasteiger partial charge on any atom is 0.303 e. The zero-order valence-electron chi connectivity index (χ0n) is 15.1. The Labute approximate surface area is 143 Å². The summed E-state index contributed by atoms with van der Waals surface area (Å²) in [7, 11) is 0. The quantitative estimate of drug-likeness (QED) is 0.265. The summed E-state index contributed by atoms with van der Waals surface area (Å²) in [5.74, 6) is -0.0827. The highest BCUT2D eigenvalue weighted by atomic mass is 16.4. The van der Waals surface area contributed by atoms with Crippen LogP contribution in [0.1, 0.15) is 96.8 Å². The third-order valence-electron chi connectivity index (χ3n) is 4.52. The van der Waals surface area contributed by atoms with Crippen molar-refractivity contribution in [3.8, 4) is 0 Å². The van der Waals surface area contributed by atoms with Gasteiger partial charge in [0.15, 0.2) is 0 Å². The largest absolute Gasteiger partial charge is 0.481 e. The van der Waals surface area contributed by atoms with E-state index in [1.807, 2.05) is 0 Å². The number of aliphatic carboxylic acids is 1.